The standard InChI is InChI=1S/C12H16BCl2NO5/c1-11(2,17)12(3,4)21-13(18)9-7(14)5-6-8(10(9)15)16(19)20/h5-6,17-18H,1-4H3. The predicted molar refractivity (Wildman–Crippen MR) is 82.2 cm³/mol. The van der Waals surface area contributed by atoms with Crippen molar-refractivity contribution in [1.29, 1.82) is 0 Å². The Morgan fingerprint density at radius 3 is 2.24 bits per heavy atom. The number of aliphatic hydroxyl groups is 1. The predicted octanol–water partition coefficient (Wildman–Crippen LogP) is 2.16. The molecule has 21 heavy (non-hydrogen) atoms. The SMILES string of the molecule is CC(C)(O)C(C)(C)OB(O)c1c(Cl)ccc([N+](=O)[O-])c1Cl. The largest absolute Gasteiger partial charge is 0.494 e. The van der Waals surface area contributed by atoms with Gasteiger partial charge >= 0.3 is 7.12 Å². The highest BCUT2D eigenvalue weighted by molar-refractivity contribution is 6.68. The van der Waals surface area contributed by atoms with Gasteiger partial charge in [-0.2, -0.15) is 0 Å². The van der Waals surface area contributed by atoms with Crippen molar-refractivity contribution in [2.45, 2.75) is 38.9 Å². The van der Waals surface area contributed by atoms with Gasteiger partial charge in [0.1, 0.15) is 5.02 Å². The summed E-state index contributed by atoms with van der Waals surface area (Å²) in [7, 11) is -1.62. The molecular formula is C12H16BCl2NO5. The van der Waals surface area contributed by atoms with Crippen molar-refractivity contribution in [3.63, 3.8) is 0 Å². The number of halogens is 2. The molecule has 0 bridgehead atoms. The van der Waals surface area contributed by atoms with Crippen molar-refractivity contribution >= 4 is 41.5 Å². The van der Waals surface area contributed by atoms with Gasteiger partial charge in [-0.25, -0.2) is 0 Å². The van der Waals surface area contributed by atoms with E-state index >= 15 is 0 Å². The van der Waals surface area contributed by atoms with Crippen LogP contribution in [0.2, 0.25) is 10.0 Å². The van der Waals surface area contributed by atoms with Gasteiger partial charge in [0.15, 0.2) is 0 Å². The van der Waals surface area contributed by atoms with E-state index in [4.69, 9.17) is 27.9 Å². The molecule has 0 saturated heterocycles. The third-order valence-corrected chi connectivity index (χ3v) is 4.16. The molecule has 2 N–H and O–H groups in total. The van der Waals surface area contributed by atoms with Crippen LogP contribution in [0.15, 0.2) is 12.1 Å². The summed E-state index contributed by atoms with van der Waals surface area (Å²) < 4.78 is 5.40. The molecule has 0 heterocycles. The average molecular weight is 336 g/mol. The highest BCUT2D eigenvalue weighted by Gasteiger charge is 2.41. The topological polar surface area (TPSA) is 92.8 Å². The highest BCUT2D eigenvalue weighted by Crippen LogP contribution is 2.29. The zero-order valence-electron chi connectivity index (χ0n) is 12.1. The van der Waals surface area contributed by atoms with Gasteiger partial charge in [-0.1, -0.05) is 23.2 Å². The molecule has 0 atom stereocenters. The van der Waals surface area contributed by atoms with Crippen LogP contribution in [0.1, 0.15) is 27.7 Å². The van der Waals surface area contributed by atoms with Gasteiger partial charge in [0.25, 0.3) is 5.69 Å². The van der Waals surface area contributed by atoms with Crippen molar-refractivity contribution in [1.82, 2.24) is 0 Å². The maximum atomic E-state index is 10.9. The van der Waals surface area contributed by atoms with Gasteiger partial charge in [-0.15, -0.1) is 0 Å². The Balaban J connectivity index is 3.22. The van der Waals surface area contributed by atoms with E-state index in [1.165, 1.54) is 19.9 Å². The number of nitrogens with zero attached hydrogens (tertiary/aromatic N) is 1. The lowest BCUT2D eigenvalue weighted by Gasteiger charge is -2.38. The zero-order chi connectivity index (χ0) is 16.6. The van der Waals surface area contributed by atoms with Crippen LogP contribution in [0, 0.1) is 10.1 Å². The van der Waals surface area contributed by atoms with Crippen molar-refractivity contribution in [2.24, 2.45) is 0 Å². The molecule has 0 unspecified atom stereocenters. The van der Waals surface area contributed by atoms with Crippen LogP contribution < -0.4 is 5.46 Å². The minimum atomic E-state index is -1.62. The molecule has 1 rings (SSSR count). The number of nitro groups is 1. The second kappa shape index (κ2) is 6.10. The van der Waals surface area contributed by atoms with Crippen LogP contribution in [0.5, 0.6) is 0 Å². The van der Waals surface area contributed by atoms with Crippen LogP contribution in [-0.2, 0) is 4.65 Å². The van der Waals surface area contributed by atoms with Crippen LogP contribution in [0.25, 0.3) is 0 Å². The van der Waals surface area contributed by atoms with E-state index in [9.17, 15) is 20.2 Å². The molecule has 0 aliphatic rings. The van der Waals surface area contributed by atoms with Gasteiger partial charge < -0.3 is 14.8 Å². The molecule has 0 aliphatic carbocycles. The van der Waals surface area contributed by atoms with Gasteiger partial charge in [0, 0.05) is 16.6 Å². The Hall–Kier alpha value is -0.855. The Morgan fingerprint density at radius 2 is 1.81 bits per heavy atom. The third-order valence-electron chi connectivity index (χ3n) is 3.43. The van der Waals surface area contributed by atoms with Crippen molar-refractivity contribution in [2.75, 3.05) is 0 Å². The Kier molecular flexibility index (Phi) is 5.29. The molecular weight excluding hydrogens is 320 g/mol. The van der Waals surface area contributed by atoms with E-state index in [0.717, 1.165) is 6.07 Å². The van der Waals surface area contributed by atoms with E-state index in [2.05, 4.69) is 0 Å². The van der Waals surface area contributed by atoms with Gasteiger partial charge in [-0.05, 0) is 33.8 Å². The normalized spacial score (nSPS) is 12.4. The van der Waals surface area contributed by atoms with E-state index in [1.807, 2.05) is 0 Å². The quantitative estimate of drug-likeness (QED) is 0.488. The number of hydrogen-bond acceptors (Lipinski definition) is 5. The molecule has 0 spiro atoms. The summed E-state index contributed by atoms with van der Waals surface area (Å²) in [6.07, 6.45) is 0. The van der Waals surface area contributed by atoms with Crippen LogP contribution in [0.4, 0.5) is 5.69 Å². The minimum absolute atomic E-state index is 0.0321. The van der Waals surface area contributed by atoms with Gasteiger partial charge in [0.2, 0.25) is 0 Å². The molecule has 116 valence electrons. The zero-order valence-corrected chi connectivity index (χ0v) is 13.6. The number of benzene rings is 1. The fourth-order valence-electron chi connectivity index (χ4n) is 1.41. The molecule has 9 heteroatoms. The third kappa shape index (κ3) is 3.87. The Labute approximate surface area is 132 Å². The highest BCUT2D eigenvalue weighted by atomic mass is 35.5. The Bertz CT molecular complexity index is 559. The first-order chi connectivity index (χ1) is 9.38. The molecule has 1 aromatic carbocycles. The summed E-state index contributed by atoms with van der Waals surface area (Å²) in [5, 5.41) is 30.8. The van der Waals surface area contributed by atoms with E-state index < -0.39 is 23.2 Å². The maximum Gasteiger partial charge on any atom is 0.494 e. The van der Waals surface area contributed by atoms with Crippen molar-refractivity contribution < 1.29 is 19.7 Å². The second-order valence-electron chi connectivity index (χ2n) is 5.59. The second-order valence-corrected chi connectivity index (χ2v) is 6.38. The fourth-order valence-corrected chi connectivity index (χ4v) is 2.03. The molecule has 0 fully saturated rings. The lowest BCUT2D eigenvalue weighted by Crippen LogP contribution is -2.53. The van der Waals surface area contributed by atoms with Gasteiger partial charge in [-0.3, -0.25) is 10.1 Å². The summed E-state index contributed by atoms with van der Waals surface area (Å²) in [6.45, 7) is 6.15. The van der Waals surface area contributed by atoms with Gasteiger partial charge in [0.05, 0.1) is 16.1 Å². The first kappa shape index (κ1) is 18.2. The lowest BCUT2D eigenvalue weighted by molar-refractivity contribution is -0.384. The summed E-state index contributed by atoms with van der Waals surface area (Å²) in [4.78, 5) is 10.2. The first-order valence-corrected chi connectivity index (χ1v) is 6.84. The lowest BCUT2D eigenvalue weighted by atomic mass is 9.76. The number of rotatable bonds is 5. The number of hydrogen-bond donors (Lipinski definition) is 2. The summed E-state index contributed by atoms with van der Waals surface area (Å²) >= 11 is 11.9. The Morgan fingerprint density at radius 1 is 1.29 bits per heavy atom. The average Bonchev–Trinajstić information content (AvgIpc) is 2.25. The summed E-state index contributed by atoms with van der Waals surface area (Å²) in [5.41, 5.74) is -2.92. The molecule has 1 aromatic rings. The molecule has 0 aliphatic heterocycles. The monoisotopic (exact) mass is 335 g/mol. The van der Waals surface area contributed by atoms with E-state index in [0.29, 0.717) is 0 Å². The smallest absolute Gasteiger partial charge is 0.423 e. The van der Waals surface area contributed by atoms with Crippen LogP contribution in [-0.4, -0.2) is 33.4 Å². The van der Waals surface area contributed by atoms with E-state index in [1.54, 1.807) is 13.8 Å². The van der Waals surface area contributed by atoms with E-state index in [-0.39, 0.29) is 21.2 Å². The molecule has 0 amide bonds. The number of nitro benzene ring substituents is 1. The van der Waals surface area contributed by atoms with Crippen molar-refractivity contribution in [3.8, 4) is 0 Å². The van der Waals surface area contributed by atoms with Crippen molar-refractivity contribution in [3.05, 3.63) is 32.3 Å². The molecule has 6 nitrogen and oxygen atoms in total. The minimum Gasteiger partial charge on any atom is -0.423 e. The molecule has 0 radical (unpaired) electrons. The van der Waals surface area contributed by atoms with Crippen LogP contribution in [0.3, 0.4) is 0 Å². The summed E-state index contributed by atoms with van der Waals surface area (Å²) in [5.74, 6) is 0. The molecule has 0 aromatic heterocycles. The summed E-state index contributed by atoms with van der Waals surface area (Å²) in [6, 6.07) is 2.40. The molecule has 0 saturated carbocycles. The first-order valence-electron chi connectivity index (χ1n) is 6.09. The fraction of sp³-hybridized carbons (Fsp3) is 0.500. The maximum absolute atomic E-state index is 10.9. The van der Waals surface area contributed by atoms with Crippen LogP contribution >= 0.6 is 23.2 Å².